The van der Waals surface area contributed by atoms with E-state index in [9.17, 15) is 0 Å². The van der Waals surface area contributed by atoms with Crippen molar-refractivity contribution in [2.24, 2.45) is 0 Å². The van der Waals surface area contributed by atoms with E-state index in [0.29, 0.717) is 0 Å². The molecule has 3 heterocycles. The molecule has 65 valence electrons. The fourth-order valence-electron chi connectivity index (χ4n) is 1.92. The Hall–Kier alpha value is -1.35. The van der Waals surface area contributed by atoms with Gasteiger partial charge in [0.1, 0.15) is 5.65 Å². The van der Waals surface area contributed by atoms with Crippen LogP contribution in [0.2, 0.25) is 0 Å². The second-order valence-corrected chi connectivity index (χ2v) is 3.35. The van der Waals surface area contributed by atoms with E-state index in [-0.39, 0.29) is 0 Å². The maximum atomic E-state index is 4.18. The van der Waals surface area contributed by atoms with Gasteiger partial charge in [-0.1, -0.05) is 0 Å². The third-order valence-corrected chi connectivity index (χ3v) is 2.57. The second-order valence-electron chi connectivity index (χ2n) is 3.35. The highest BCUT2D eigenvalue weighted by Gasteiger charge is 2.14. The van der Waals surface area contributed by atoms with E-state index in [4.69, 9.17) is 0 Å². The molecule has 13 heavy (non-hydrogen) atoms. The normalized spacial score (nSPS) is 16.0. The fraction of sp³-hybridized carbons (Fsp3) is 0.300. The van der Waals surface area contributed by atoms with E-state index in [1.54, 1.807) is 0 Å². The molecule has 0 atom stereocenters. The van der Waals surface area contributed by atoms with Gasteiger partial charge in [0.15, 0.2) is 0 Å². The number of rotatable bonds is 0. The van der Waals surface area contributed by atoms with Gasteiger partial charge < -0.3 is 10.3 Å². The Balaban J connectivity index is 2.34. The number of aromatic nitrogens is 2. The standard InChI is InChI=1S/C10H10N3/c1-2-7-8-6-11-5-3-9(8)13-10(7)12-4-1/h1-2,11H,3,5-6H2,(H,12,13). The van der Waals surface area contributed by atoms with Gasteiger partial charge in [-0.05, 0) is 17.7 Å². The molecule has 1 aliphatic heterocycles. The van der Waals surface area contributed by atoms with Crippen LogP contribution in [0.3, 0.4) is 0 Å². The van der Waals surface area contributed by atoms with Crippen LogP contribution in [0.15, 0.2) is 12.1 Å². The molecule has 3 heteroatoms. The van der Waals surface area contributed by atoms with E-state index in [1.807, 2.05) is 6.07 Å². The Morgan fingerprint density at radius 3 is 3.46 bits per heavy atom. The summed E-state index contributed by atoms with van der Waals surface area (Å²) < 4.78 is 0. The Morgan fingerprint density at radius 1 is 1.46 bits per heavy atom. The molecule has 3 nitrogen and oxygen atoms in total. The van der Waals surface area contributed by atoms with Crippen molar-refractivity contribution in [2.75, 3.05) is 6.54 Å². The molecule has 0 aliphatic carbocycles. The van der Waals surface area contributed by atoms with E-state index < -0.39 is 0 Å². The lowest BCUT2D eigenvalue weighted by Crippen LogP contribution is -2.22. The van der Waals surface area contributed by atoms with Crippen molar-refractivity contribution in [3.63, 3.8) is 0 Å². The zero-order valence-corrected chi connectivity index (χ0v) is 7.22. The summed E-state index contributed by atoms with van der Waals surface area (Å²) in [5.74, 6) is 0. The Kier molecular flexibility index (Phi) is 1.40. The van der Waals surface area contributed by atoms with E-state index >= 15 is 0 Å². The molecule has 1 aliphatic rings. The molecule has 2 aromatic heterocycles. The number of H-pyrrole nitrogens is 1. The molecule has 2 N–H and O–H groups in total. The lowest BCUT2D eigenvalue weighted by Gasteiger charge is -2.12. The third kappa shape index (κ3) is 0.971. The Morgan fingerprint density at radius 2 is 2.46 bits per heavy atom. The molecule has 3 rings (SSSR count). The summed E-state index contributed by atoms with van der Waals surface area (Å²) in [6.45, 7) is 2.02. The minimum Gasteiger partial charge on any atom is -0.343 e. The molecule has 1 radical (unpaired) electrons. The quantitative estimate of drug-likeness (QED) is 0.622. The lowest BCUT2D eigenvalue weighted by atomic mass is 10.1. The van der Waals surface area contributed by atoms with Crippen molar-refractivity contribution in [3.8, 4) is 0 Å². The van der Waals surface area contributed by atoms with Gasteiger partial charge in [0.25, 0.3) is 0 Å². The molecular formula is C10H10N3. The molecular weight excluding hydrogens is 162 g/mol. The first kappa shape index (κ1) is 7.09. The van der Waals surface area contributed by atoms with Gasteiger partial charge in [0, 0.05) is 30.6 Å². The van der Waals surface area contributed by atoms with Crippen LogP contribution in [0, 0.1) is 6.20 Å². The summed E-state index contributed by atoms with van der Waals surface area (Å²) in [5.41, 5.74) is 3.68. The van der Waals surface area contributed by atoms with Gasteiger partial charge in [-0.15, -0.1) is 0 Å². The van der Waals surface area contributed by atoms with Crippen molar-refractivity contribution >= 4 is 11.0 Å². The second kappa shape index (κ2) is 2.57. The number of fused-ring (bicyclic) bond motifs is 3. The first-order chi connectivity index (χ1) is 6.45. The Bertz CT molecular complexity index is 444. The highest BCUT2D eigenvalue weighted by Crippen LogP contribution is 2.22. The average Bonchev–Trinajstić information content (AvgIpc) is 2.56. The SMILES string of the molecule is [c]1ccc2c3c([nH]c2n1)CCNC3. The van der Waals surface area contributed by atoms with Crippen LogP contribution < -0.4 is 5.32 Å². The van der Waals surface area contributed by atoms with Gasteiger partial charge in [0.2, 0.25) is 0 Å². The van der Waals surface area contributed by atoms with E-state index in [2.05, 4.69) is 27.5 Å². The highest BCUT2D eigenvalue weighted by molar-refractivity contribution is 5.81. The Labute approximate surface area is 76.2 Å². The average molecular weight is 172 g/mol. The molecule has 0 saturated heterocycles. The number of aromatic amines is 1. The molecule has 0 unspecified atom stereocenters. The third-order valence-electron chi connectivity index (χ3n) is 2.57. The van der Waals surface area contributed by atoms with E-state index in [0.717, 1.165) is 25.2 Å². The van der Waals surface area contributed by atoms with Crippen LogP contribution in [0.25, 0.3) is 11.0 Å². The predicted molar refractivity (Wildman–Crippen MR) is 50.3 cm³/mol. The lowest BCUT2D eigenvalue weighted by molar-refractivity contribution is 0.640. The monoisotopic (exact) mass is 172 g/mol. The molecule has 0 bridgehead atoms. The fourth-order valence-corrected chi connectivity index (χ4v) is 1.92. The number of nitrogens with zero attached hydrogens (tertiary/aromatic N) is 1. The molecule has 2 aromatic rings. The van der Waals surface area contributed by atoms with Crippen LogP contribution in [0.4, 0.5) is 0 Å². The van der Waals surface area contributed by atoms with Crippen molar-refractivity contribution < 1.29 is 0 Å². The smallest absolute Gasteiger partial charge is 0.138 e. The van der Waals surface area contributed by atoms with Gasteiger partial charge in [-0.3, -0.25) is 0 Å². The van der Waals surface area contributed by atoms with Crippen LogP contribution in [0.1, 0.15) is 11.3 Å². The summed E-state index contributed by atoms with van der Waals surface area (Å²) in [6.07, 6.45) is 3.92. The number of pyridine rings is 1. The van der Waals surface area contributed by atoms with E-state index in [1.165, 1.54) is 16.6 Å². The van der Waals surface area contributed by atoms with Crippen molar-refractivity contribution in [1.29, 1.82) is 0 Å². The van der Waals surface area contributed by atoms with Crippen LogP contribution >= 0.6 is 0 Å². The minimum absolute atomic E-state index is 0.959. The zero-order valence-electron chi connectivity index (χ0n) is 7.22. The molecule has 0 amide bonds. The summed E-state index contributed by atoms with van der Waals surface area (Å²) in [7, 11) is 0. The molecule has 0 fully saturated rings. The summed E-state index contributed by atoms with van der Waals surface area (Å²) in [4.78, 5) is 7.51. The number of hydrogen-bond acceptors (Lipinski definition) is 2. The van der Waals surface area contributed by atoms with Crippen molar-refractivity contribution in [1.82, 2.24) is 15.3 Å². The largest absolute Gasteiger partial charge is 0.343 e. The summed E-state index contributed by atoms with van der Waals surface area (Å²) in [5, 5.41) is 4.60. The highest BCUT2D eigenvalue weighted by atomic mass is 14.9. The van der Waals surface area contributed by atoms with Gasteiger partial charge >= 0.3 is 0 Å². The molecule has 0 aromatic carbocycles. The van der Waals surface area contributed by atoms with Crippen LogP contribution in [0.5, 0.6) is 0 Å². The molecule has 0 saturated carbocycles. The van der Waals surface area contributed by atoms with Gasteiger partial charge in [-0.2, -0.15) is 0 Å². The number of hydrogen-bond donors (Lipinski definition) is 2. The van der Waals surface area contributed by atoms with Crippen LogP contribution in [-0.4, -0.2) is 16.5 Å². The topological polar surface area (TPSA) is 40.7 Å². The minimum atomic E-state index is 0.959. The van der Waals surface area contributed by atoms with Crippen molar-refractivity contribution in [3.05, 3.63) is 29.6 Å². The first-order valence-corrected chi connectivity index (χ1v) is 4.52. The number of nitrogens with one attached hydrogen (secondary N) is 2. The van der Waals surface area contributed by atoms with Gasteiger partial charge in [0.05, 0.1) is 6.20 Å². The van der Waals surface area contributed by atoms with Crippen molar-refractivity contribution in [2.45, 2.75) is 13.0 Å². The maximum Gasteiger partial charge on any atom is 0.138 e. The summed E-state index contributed by atoms with van der Waals surface area (Å²) in [6, 6.07) is 3.94. The zero-order chi connectivity index (χ0) is 8.67. The molecule has 0 spiro atoms. The summed E-state index contributed by atoms with van der Waals surface area (Å²) >= 11 is 0. The first-order valence-electron chi connectivity index (χ1n) is 4.52. The van der Waals surface area contributed by atoms with Crippen LogP contribution in [-0.2, 0) is 13.0 Å². The van der Waals surface area contributed by atoms with Gasteiger partial charge in [-0.25, -0.2) is 4.98 Å². The maximum absolute atomic E-state index is 4.18. The predicted octanol–water partition coefficient (Wildman–Crippen LogP) is 1.01.